The fourth-order valence-corrected chi connectivity index (χ4v) is 2.50. The van der Waals surface area contributed by atoms with Crippen molar-refractivity contribution in [2.24, 2.45) is 0 Å². The van der Waals surface area contributed by atoms with Gasteiger partial charge in [0, 0.05) is 10.9 Å². The van der Waals surface area contributed by atoms with Gasteiger partial charge in [-0.1, -0.05) is 0 Å². The van der Waals surface area contributed by atoms with Gasteiger partial charge in [0.15, 0.2) is 6.20 Å². The Morgan fingerprint density at radius 3 is 3.00 bits per heavy atom. The first kappa shape index (κ1) is 10.1. The average Bonchev–Trinajstić information content (AvgIpc) is 2.63. The molecule has 0 saturated heterocycles. The molecule has 0 fully saturated rings. The summed E-state index contributed by atoms with van der Waals surface area (Å²) in [7, 11) is 0. The molecule has 0 unspecified atom stereocenters. The van der Waals surface area contributed by atoms with Gasteiger partial charge in [-0.15, -0.1) is 0 Å². The van der Waals surface area contributed by atoms with E-state index in [1.165, 1.54) is 12.1 Å². The van der Waals surface area contributed by atoms with Crippen molar-refractivity contribution in [2.75, 3.05) is 0 Å². The summed E-state index contributed by atoms with van der Waals surface area (Å²) in [6.07, 6.45) is 1.75. The summed E-state index contributed by atoms with van der Waals surface area (Å²) in [4.78, 5) is 6.11. The number of nitrogens with one attached hydrogen (secondary N) is 2. The molecule has 0 atom stereocenters. The van der Waals surface area contributed by atoms with Gasteiger partial charge >= 0.3 is 0 Å². The number of hydrogen-bond acceptors (Lipinski definition) is 0. The van der Waals surface area contributed by atoms with Crippen LogP contribution in [0, 0.1) is 5.82 Å². The van der Waals surface area contributed by atoms with Crippen molar-refractivity contribution in [3.8, 4) is 0 Å². The molecular formula is C11H6BrClFN2+. The van der Waals surface area contributed by atoms with Crippen LogP contribution in [-0.4, -0.2) is 4.98 Å². The Morgan fingerprint density at radius 1 is 1.38 bits per heavy atom. The maximum atomic E-state index is 13.2. The number of rotatable bonds is 0. The van der Waals surface area contributed by atoms with Crippen LogP contribution >= 0.6 is 27.5 Å². The fraction of sp³-hybridized carbons (Fsp3) is 0. The lowest BCUT2D eigenvalue weighted by Gasteiger charge is -1.91. The topological polar surface area (TPSA) is 29.9 Å². The SMILES string of the molecule is Fc1ccc2[nH]c3c(Br)c[nH+]c(Cl)c3c2c1. The monoisotopic (exact) mass is 299 g/mol. The zero-order valence-corrected chi connectivity index (χ0v) is 10.3. The predicted octanol–water partition coefficient (Wildman–Crippen LogP) is 3.69. The van der Waals surface area contributed by atoms with E-state index in [4.69, 9.17) is 11.6 Å². The lowest BCUT2D eigenvalue weighted by molar-refractivity contribution is -0.374. The standard InChI is InChI=1S/C11H5BrClFN2/c12-7-4-15-11(13)9-6-3-5(14)1-2-8(6)16-10(7)9/h1-4,16H/p+1. The highest BCUT2D eigenvalue weighted by Crippen LogP contribution is 2.32. The first-order chi connectivity index (χ1) is 7.66. The van der Waals surface area contributed by atoms with Crippen LogP contribution < -0.4 is 4.98 Å². The third-order valence-electron chi connectivity index (χ3n) is 2.54. The minimum absolute atomic E-state index is 0.274. The quantitative estimate of drug-likeness (QED) is 0.614. The molecule has 0 radical (unpaired) electrons. The summed E-state index contributed by atoms with van der Waals surface area (Å²) in [5.74, 6) is -0.274. The van der Waals surface area contributed by atoms with Crippen molar-refractivity contribution in [2.45, 2.75) is 0 Å². The Morgan fingerprint density at radius 2 is 2.19 bits per heavy atom. The number of pyridine rings is 1. The van der Waals surface area contributed by atoms with Crippen molar-refractivity contribution in [1.29, 1.82) is 0 Å². The normalized spacial score (nSPS) is 11.4. The lowest BCUT2D eigenvalue weighted by Crippen LogP contribution is -2.02. The Hall–Kier alpha value is -1.13. The van der Waals surface area contributed by atoms with Gasteiger partial charge in [-0.25, -0.2) is 4.39 Å². The molecule has 2 heterocycles. The highest BCUT2D eigenvalue weighted by Gasteiger charge is 2.15. The van der Waals surface area contributed by atoms with Gasteiger partial charge < -0.3 is 4.98 Å². The molecule has 80 valence electrons. The van der Waals surface area contributed by atoms with E-state index in [2.05, 4.69) is 25.9 Å². The van der Waals surface area contributed by atoms with Gasteiger partial charge in [0.05, 0.1) is 10.9 Å². The summed E-state index contributed by atoms with van der Waals surface area (Å²) >= 11 is 9.50. The molecule has 1 aromatic carbocycles. The molecule has 0 amide bonds. The van der Waals surface area contributed by atoms with Crippen LogP contribution in [0.25, 0.3) is 21.8 Å². The van der Waals surface area contributed by atoms with Gasteiger partial charge in [0.25, 0.3) is 5.15 Å². The van der Waals surface area contributed by atoms with E-state index in [0.717, 1.165) is 26.3 Å². The summed E-state index contributed by atoms with van der Waals surface area (Å²) in [5, 5.41) is 2.07. The number of H-pyrrole nitrogens is 2. The van der Waals surface area contributed by atoms with Crippen molar-refractivity contribution in [3.63, 3.8) is 0 Å². The summed E-state index contributed by atoms with van der Waals surface area (Å²) < 4.78 is 14.1. The van der Waals surface area contributed by atoms with Crippen LogP contribution in [0.15, 0.2) is 28.9 Å². The Bertz CT molecular complexity index is 708. The maximum Gasteiger partial charge on any atom is 0.283 e. The summed E-state index contributed by atoms with van der Waals surface area (Å²) in [6.45, 7) is 0. The summed E-state index contributed by atoms with van der Waals surface area (Å²) in [5.41, 5.74) is 1.72. The van der Waals surface area contributed by atoms with Gasteiger partial charge in [-0.05, 0) is 45.7 Å². The first-order valence-electron chi connectivity index (χ1n) is 4.63. The molecule has 2 nitrogen and oxygen atoms in total. The van der Waals surface area contributed by atoms with Gasteiger partial charge in [-0.3, -0.25) is 0 Å². The zero-order valence-electron chi connectivity index (χ0n) is 7.94. The number of fused-ring (bicyclic) bond motifs is 3. The molecule has 2 aromatic heterocycles. The number of aromatic nitrogens is 2. The van der Waals surface area contributed by atoms with E-state index in [1.54, 1.807) is 12.3 Å². The van der Waals surface area contributed by atoms with Gasteiger partial charge in [-0.2, -0.15) is 4.98 Å². The molecule has 0 aliphatic heterocycles. The van der Waals surface area contributed by atoms with Gasteiger partial charge in [0.1, 0.15) is 10.3 Å². The summed E-state index contributed by atoms with van der Waals surface area (Å²) in [6, 6.07) is 4.59. The molecule has 0 aliphatic rings. The van der Waals surface area contributed by atoms with E-state index in [-0.39, 0.29) is 5.82 Å². The largest absolute Gasteiger partial charge is 0.353 e. The Labute approximate surface area is 104 Å². The van der Waals surface area contributed by atoms with E-state index in [0.29, 0.717) is 5.15 Å². The smallest absolute Gasteiger partial charge is 0.283 e. The van der Waals surface area contributed by atoms with Crippen molar-refractivity contribution < 1.29 is 9.37 Å². The molecule has 0 aliphatic carbocycles. The van der Waals surface area contributed by atoms with Crippen molar-refractivity contribution in [3.05, 3.63) is 39.8 Å². The van der Waals surface area contributed by atoms with Crippen molar-refractivity contribution in [1.82, 2.24) is 4.98 Å². The molecular weight excluding hydrogens is 294 g/mol. The van der Waals surface area contributed by atoms with Crippen LogP contribution in [0.1, 0.15) is 0 Å². The second-order valence-electron chi connectivity index (χ2n) is 3.52. The minimum atomic E-state index is -0.274. The van der Waals surface area contributed by atoms with Crippen LogP contribution in [0.5, 0.6) is 0 Å². The molecule has 3 rings (SSSR count). The number of hydrogen-bond donors (Lipinski definition) is 1. The maximum absolute atomic E-state index is 13.2. The molecule has 3 aromatic rings. The van der Waals surface area contributed by atoms with Crippen LogP contribution in [0.3, 0.4) is 0 Å². The van der Waals surface area contributed by atoms with Gasteiger partial charge in [0.2, 0.25) is 0 Å². The molecule has 0 spiro atoms. The highest BCUT2D eigenvalue weighted by atomic mass is 79.9. The number of benzene rings is 1. The third kappa shape index (κ3) is 1.33. The van der Waals surface area contributed by atoms with E-state index in [1.807, 2.05) is 0 Å². The number of halogens is 3. The third-order valence-corrected chi connectivity index (χ3v) is 3.47. The molecule has 0 bridgehead atoms. The van der Waals surface area contributed by atoms with E-state index in [9.17, 15) is 4.39 Å². The Balaban J connectivity index is 2.62. The van der Waals surface area contributed by atoms with Crippen LogP contribution in [0.2, 0.25) is 5.15 Å². The van der Waals surface area contributed by atoms with Crippen LogP contribution in [0.4, 0.5) is 4.39 Å². The molecule has 5 heteroatoms. The average molecular weight is 301 g/mol. The second kappa shape index (κ2) is 3.43. The number of aromatic amines is 2. The zero-order chi connectivity index (χ0) is 11.3. The second-order valence-corrected chi connectivity index (χ2v) is 4.75. The van der Waals surface area contributed by atoms with Crippen LogP contribution in [-0.2, 0) is 0 Å². The highest BCUT2D eigenvalue weighted by molar-refractivity contribution is 9.10. The minimum Gasteiger partial charge on any atom is -0.353 e. The van der Waals surface area contributed by atoms with E-state index < -0.39 is 0 Å². The van der Waals surface area contributed by atoms with Crippen molar-refractivity contribution >= 4 is 49.3 Å². The fourth-order valence-electron chi connectivity index (χ4n) is 1.84. The molecule has 2 N–H and O–H groups in total. The van der Waals surface area contributed by atoms with E-state index >= 15 is 0 Å². The molecule has 0 saturated carbocycles. The molecule has 16 heavy (non-hydrogen) atoms. The first-order valence-corrected chi connectivity index (χ1v) is 5.80. The lowest BCUT2D eigenvalue weighted by atomic mass is 10.2. The predicted molar refractivity (Wildman–Crippen MR) is 65.0 cm³/mol. The Kier molecular flexibility index (Phi) is 2.16.